The molecule has 0 aliphatic heterocycles. The smallest absolute Gasteiger partial charge is 0.213 e. The summed E-state index contributed by atoms with van der Waals surface area (Å²) in [7, 11) is 0. The Morgan fingerprint density at radius 1 is 0.412 bits per heavy atom. The van der Waals surface area contributed by atoms with Gasteiger partial charge < -0.3 is 9.32 Å². The van der Waals surface area contributed by atoms with E-state index in [2.05, 4.69) is 203 Å². The van der Waals surface area contributed by atoms with Crippen molar-refractivity contribution in [3.8, 4) is 33.4 Å². The topological polar surface area (TPSA) is 20.8 Å². The molecule has 240 valence electrons. The van der Waals surface area contributed by atoms with Crippen LogP contribution in [-0.2, 0) is 0 Å². The molecule has 0 bridgehead atoms. The molecule has 0 aliphatic rings. The molecule has 3 heteroatoms. The van der Waals surface area contributed by atoms with Gasteiger partial charge in [-0.2, -0.15) is 0 Å². The Hall–Kier alpha value is -6.84. The summed E-state index contributed by atoms with van der Waals surface area (Å²) in [5.41, 5.74) is 14.2. The number of hydrogen-bond acceptors (Lipinski definition) is 2. The largest absolute Gasteiger partial charge is 0.438 e. The molecule has 8 aromatic carbocycles. The molecule has 0 radical (unpaired) electrons. The Morgan fingerprint density at radius 3 is 1.86 bits per heavy atom. The molecule has 10 aromatic rings. The predicted octanol–water partition coefficient (Wildman–Crippen LogP) is 13.5. The second-order valence-electron chi connectivity index (χ2n) is 12.9. The van der Waals surface area contributed by atoms with Crippen molar-refractivity contribution in [1.29, 1.82) is 0 Å². The molecule has 0 unspecified atom stereocenters. The van der Waals surface area contributed by atoms with Crippen molar-refractivity contribution in [3.63, 3.8) is 0 Å². The molecule has 0 atom stereocenters. The predicted molar refractivity (Wildman–Crippen MR) is 213 cm³/mol. The lowest BCUT2D eigenvalue weighted by Gasteiger charge is -2.29. The number of aromatic nitrogens is 1. The minimum atomic E-state index is 0.865. The summed E-state index contributed by atoms with van der Waals surface area (Å²) in [4.78, 5) is 2.39. The number of benzene rings is 8. The lowest BCUT2D eigenvalue weighted by Crippen LogP contribution is -2.11. The fourth-order valence-electron chi connectivity index (χ4n) is 7.65. The van der Waals surface area contributed by atoms with Crippen molar-refractivity contribution in [2.75, 3.05) is 4.90 Å². The van der Waals surface area contributed by atoms with Gasteiger partial charge in [-0.15, -0.1) is 0 Å². The van der Waals surface area contributed by atoms with Crippen molar-refractivity contribution in [3.05, 3.63) is 194 Å². The minimum Gasteiger partial charge on any atom is -0.438 e. The van der Waals surface area contributed by atoms with E-state index in [-0.39, 0.29) is 0 Å². The Morgan fingerprint density at radius 2 is 1.04 bits per heavy atom. The second kappa shape index (κ2) is 11.9. The highest BCUT2D eigenvalue weighted by Crippen LogP contribution is 2.44. The van der Waals surface area contributed by atoms with Crippen LogP contribution in [-0.4, -0.2) is 4.40 Å². The first-order valence-electron chi connectivity index (χ1n) is 17.4. The molecular formula is C48H32N2O. The summed E-state index contributed by atoms with van der Waals surface area (Å²) in [6.45, 7) is 0. The Balaban J connectivity index is 1.10. The van der Waals surface area contributed by atoms with Crippen LogP contribution in [0.1, 0.15) is 0 Å². The molecule has 51 heavy (non-hydrogen) atoms. The highest BCUT2D eigenvalue weighted by Gasteiger charge is 2.21. The summed E-state index contributed by atoms with van der Waals surface area (Å²) in [5.74, 6) is 0. The van der Waals surface area contributed by atoms with E-state index in [4.69, 9.17) is 4.42 Å². The molecule has 0 aliphatic carbocycles. The molecule has 0 N–H and O–H groups in total. The molecule has 0 saturated carbocycles. The zero-order valence-electron chi connectivity index (χ0n) is 27.8. The Bertz CT molecular complexity index is 2840. The highest BCUT2D eigenvalue weighted by atomic mass is 16.3. The normalized spacial score (nSPS) is 11.5. The van der Waals surface area contributed by atoms with Gasteiger partial charge in [-0.1, -0.05) is 152 Å². The molecule has 0 saturated heterocycles. The maximum absolute atomic E-state index is 6.71. The van der Waals surface area contributed by atoms with E-state index >= 15 is 0 Å². The third-order valence-corrected chi connectivity index (χ3v) is 10.00. The lowest BCUT2D eigenvalue weighted by atomic mass is 10.00. The third-order valence-electron chi connectivity index (χ3n) is 10.00. The molecule has 0 spiro atoms. The first-order chi connectivity index (χ1) is 25.3. The van der Waals surface area contributed by atoms with Gasteiger partial charge in [0.1, 0.15) is 0 Å². The summed E-state index contributed by atoms with van der Waals surface area (Å²) in [5, 5.41) is 3.60. The zero-order valence-corrected chi connectivity index (χ0v) is 27.8. The maximum atomic E-state index is 6.71. The van der Waals surface area contributed by atoms with Gasteiger partial charge in [-0.25, -0.2) is 0 Å². The van der Waals surface area contributed by atoms with E-state index in [1.165, 1.54) is 27.3 Å². The van der Waals surface area contributed by atoms with Crippen LogP contribution in [0, 0.1) is 0 Å². The van der Waals surface area contributed by atoms with Crippen molar-refractivity contribution in [1.82, 2.24) is 4.40 Å². The van der Waals surface area contributed by atoms with Gasteiger partial charge in [0.15, 0.2) is 5.58 Å². The number of nitrogens with zero attached hydrogens (tertiary/aromatic N) is 2. The van der Waals surface area contributed by atoms with Crippen LogP contribution in [0.5, 0.6) is 0 Å². The first-order valence-corrected chi connectivity index (χ1v) is 17.4. The lowest BCUT2D eigenvalue weighted by molar-refractivity contribution is 0.658. The zero-order chi connectivity index (χ0) is 33.7. The van der Waals surface area contributed by atoms with Gasteiger partial charge in [0, 0.05) is 22.0 Å². The van der Waals surface area contributed by atoms with Crippen LogP contribution in [0.15, 0.2) is 199 Å². The van der Waals surface area contributed by atoms with Gasteiger partial charge >= 0.3 is 0 Å². The van der Waals surface area contributed by atoms with Crippen LogP contribution in [0.4, 0.5) is 17.1 Å². The molecule has 2 aromatic heterocycles. The van der Waals surface area contributed by atoms with E-state index in [9.17, 15) is 0 Å². The van der Waals surface area contributed by atoms with E-state index in [1.54, 1.807) is 0 Å². The fraction of sp³-hybridized carbons (Fsp3) is 0. The average molecular weight is 653 g/mol. The highest BCUT2D eigenvalue weighted by molar-refractivity contribution is 6.07. The van der Waals surface area contributed by atoms with Crippen molar-refractivity contribution < 1.29 is 4.42 Å². The summed E-state index contributed by atoms with van der Waals surface area (Å²) < 4.78 is 8.97. The van der Waals surface area contributed by atoms with Crippen molar-refractivity contribution in [2.45, 2.75) is 0 Å². The molecule has 0 amide bonds. The first kappa shape index (κ1) is 29.1. The van der Waals surface area contributed by atoms with Gasteiger partial charge in [0.25, 0.3) is 0 Å². The molecule has 0 fully saturated rings. The van der Waals surface area contributed by atoms with Gasteiger partial charge in [-0.3, -0.25) is 4.40 Å². The number of rotatable bonds is 6. The monoisotopic (exact) mass is 652 g/mol. The third kappa shape index (κ3) is 4.82. The van der Waals surface area contributed by atoms with E-state index in [1.807, 2.05) is 0 Å². The number of fused-ring (bicyclic) bond motifs is 6. The van der Waals surface area contributed by atoms with Gasteiger partial charge in [0.2, 0.25) is 5.71 Å². The SMILES string of the molecule is c1ccc(-c2ccccc2N(c2ccc(-c3ccc4c(c3)oc3c(-c5ccccc5)c5ccccc5n34)cc2)c2cccc3ccccc23)cc1. The van der Waals surface area contributed by atoms with E-state index in [0.29, 0.717) is 0 Å². The van der Waals surface area contributed by atoms with Gasteiger partial charge in [0.05, 0.1) is 28.0 Å². The molecule has 10 rings (SSSR count). The van der Waals surface area contributed by atoms with Crippen LogP contribution >= 0.6 is 0 Å². The molecular weight excluding hydrogens is 621 g/mol. The van der Waals surface area contributed by atoms with Crippen LogP contribution in [0.3, 0.4) is 0 Å². The van der Waals surface area contributed by atoms with Gasteiger partial charge in [-0.05, 0) is 70.1 Å². The number of hydrogen-bond donors (Lipinski definition) is 0. The van der Waals surface area contributed by atoms with Crippen molar-refractivity contribution in [2.24, 2.45) is 0 Å². The minimum absolute atomic E-state index is 0.865. The van der Waals surface area contributed by atoms with E-state index < -0.39 is 0 Å². The Kier molecular flexibility index (Phi) is 6.81. The molecule has 3 nitrogen and oxygen atoms in total. The second-order valence-corrected chi connectivity index (χ2v) is 12.9. The average Bonchev–Trinajstić information content (AvgIpc) is 3.73. The summed E-state index contributed by atoms with van der Waals surface area (Å²) in [6, 6.07) is 69.0. The quantitative estimate of drug-likeness (QED) is 0.178. The fourth-order valence-corrected chi connectivity index (χ4v) is 7.65. The summed E-state index contributed by atoms with van der Waals surface area (Å²) in [6.07, 6.45) is 0. The van der Waals surface area contributed by atoms with Crippen LogP contribution in [0.25, 0.3) is 71.9 Å². The van der Waals surface area contributed by atoms with Crippen LogP contribution in [0.2, 0.25) is 0 Å². The standard InChI is InChI=1S/C48H32N2O/c1-3-14-34(15-4-1)39-21-9-11-23-42(39)49(43-25-13-19-35-16-7-8-20-40(35)43)38-29-26-33(27-30-38)37-28-31-45-46(32-37)51-48-47(36-17-5-2-6-18-36)41-22-10-12-24-44(41)50(45)48/h1-32H. The summed E-state index contributed by atoms with van der Waals surface area (Å²) >= 11 is 0. The van der Waals surface area contributed by atoms with E-state index in [0.717, 1.165) is 61.6 Å². The number of para-hydroxylation sites is 2. The molecule has 2 heterocycles. The number of anilines is 3. The van der Waals surface area contributed by atoms with Crippen LogP contribution < -0.4 is 4.90 Å². The maximum Gasteiger partial charge on any atom is 0.213 e. The number of oxazole rings is 1. The van der Waals surface area contributed by atoms with Crippen molar-refractivity contribution >= 4 is 55.6 Å². The Labute approximate surface area is 295 Å².